The van der Waals surface area contributed by atoms with E-state index in [0.717, 1.165) is 41.2 Å². The summed E-state index contributed by atoms with van der Waals surface area (Å²) >= 11 is 0. The normalized spacial score (nSPS) is 19.2. The van der Waals surface area contributed by atoms with E-state index in [2.05, 4.69) is 10.5 Å². The van der Waals surface area contributed by atoms with Crippen LogP contribution in [0.15, 0.2) is 28.8 Å². The summed E-state index contributed by atoms with van der Waals surface area (Å²) in [6.45, 7) is 4.12. The number of hydrogen-bond donors (Lipinski definition) is 2. The number of benzene rings is 1. The molecule has 1 amide bonds. The molecule has 0 atom stereocenters. The third kappa shape index (κ3) is 5.12. The molecule has 28 heavy (non-hydrogen) atoms. The number of rotatable bonds is 7. The molecule has 3 rings (SSSR count). The minimum absolute atomic E-state index is 0.0387. The van der Waals surface area contributed by atoms with E-state index in [1.54, 1.807) is 0 Å². The molecule has 0 spiro atoms. The molecule has 2 N–H and O–H groups in total. The Balaban J connectivity index is 1.45. The van der Waals surface area contributed by atoms with E-state index < -0.39 is 5.97 Å². The summed E-state index contributed by atoms with van der Waals surface area (Å²) in [5.41, 5.74) is 2.67. The fraction of sp³-hybridized carbons (Fsp3) is 0.476. The highest BCUT2D eigenvalue weighted by Gasteiger charge is 2.26. The van der Waals surface area contributed by atoms with Crippen LogP contribution in [0.2, 0.25) is 0 Å². The minimum atomic E-state index is -0.735. The summed E-state index contributed by atoms with van der Waals surface area (Å²) in [7, 11) is 0. The van der Waals surface area contributed by atoms with E-state index in [-0.39, 0.29) is 17.9 Å². The second-order valence-electron chi connectivity index (χ2n) is 7.37. The van der Waals surface area contributed by atoms with Crippen molar-refractivity contribution in [3.63, 3.8) is 0 Å². The first-order chi connectivity index (χ1) is 13.4. The van der Waals surface area contributed by atoms with Crippen molar-refractivity contribution >= 4 is 11.9 Å². The second-order valence-corrected chi connectivity index (χ2v) is 7.37. The van der Waals surface area contributed by atoms with Crippen LogP contribution in [-0.4, -0.2) is 28.2 Å². The highest BCUT2D eigenvalue weighted by molar-refractivity contribution is 5.79. The van der Waals surface area contributed by atoms with E-state index in [0.29, 0.717) is 25.9 Å². The maximum absolute atomic E-state index is 12.3. The Bertz CT molecular complexity index is 800. The van der Waals surface area contributed by atoms with Gasteiger partial charge in [-0.15, -0.1) is 0 Å². The Morgan fingerprint density at radius 2 is 1.86 bits per heavy atom. The van der Waals surface area contributed by atoms with Gasteiger partial charge in [0.05, 0.1) is 23.6 Å². The summed E-state index contributed by atoms with van der Waals surface area (Å²) in [4.78, 5) is 23.3. The Kier molecular flexibility index (Phi) is 6.34. The van der Waals surface area contributed by atoms with Gasteiger partial charge in [-0.05, 0) is 57.2 Å². The maximum Gasteiger partial charge on any atom is 0.306 e. The van der Waals surface area contributed by atoms with E-state index in [9.17, 15) is 9.59 Å². The predicted molar refractivity (Wildman–Crippen MR) is 102 cm³/mol. The minimum Gasteiger partial charge on any atom is -0.489 e. The molecular formula is C21H26N2O5. The molecule has 1 aromatic carbocycles. The van der Waals surface area contributed by atoms with Gasteiger partial charge in [0.25, 0.3) is 0 Å². The number of nitrogens with one attached hydrogen (secondary N) is 1. The quantitative estimate of drug-likeness (QED) is 0.758. The molecule has 7 heteroatoms. The molecule has 1 saturated carbocycles. The van der Waals surface area contributed by atoms with E-state index in [1.165, 1.54) is 0 Å². The van der Waals surface area contributed by atoms with Crippen LogP contribution in [0.1, 0.15) is 48.3 Å². The van der Waals surface area contributed by atoms with Gasteiger partial charge < -0.3 is 19.7 Å². The number of amides is 1. The number of carbonyl (C=O) groups is 2. The van der Waals surface area contributed by atoms with Gasteiger partial charge in [-0.1, -0.05) is 17.3 Å². The Morgan fingerprint density at radius 3 is 2.43 bits per heavy atom. The van der Waals surface area contributed by atoms with Crippen molar-refractivity contribution < 1.29 is 24.0 Å². The van der Waals surface area contributed by atoms with Crippen LogP contribution < -0.4 is 10.1 Å². The van der Waals surface area contributed by atoms with E-state index in [4.69, 9.17) is 14.4 Å². The standard InChI is InChI=1S/C21H26N2O5/c1-13-19(14(2)28-23-13)12-27-18-9-3-15(4-10-18)11-20(24)22-17-7-5-16(6-8-17)21(25)26/h3-4,9-10,16-17H,5-8,11-12H2,1-2H3,(H,22,24)(H,25,26). The number of carboxylic acids is 1. The number of carbonyl (C=O) groups excluding carboxylic acids is 1. The summed E-state index contributed by atoms with van der Waals surface area (Å²) in [6, 6.07) is 7.52. The lowest BCUT2D eigenvalue weighted by atomic mass is 9.86. The molecule has 1 aliphatic carbocycles. The lowest BCUT2D eigenvalue weighted by Crippen LogP contribution is -2.39. The van der Waals surface area contributed by atoms with Crippen LogP contribution in [0, 0.1) is 19.8 Å². The zero-order chi connectivity index (χ0) is 20.1. The van der Waals surface area contributed by atoms with Gasteiger partial charge in [0.2, 0.25) is 5.91 Å². The van der Waals surface area contributed by atoms with Crippen molar-refractivity contribution in [1.29, 1.82) is 0 Å². The van der Waals surface area contributed by atoms with Gasteiger partial charge in [-0.25, -0.2) is 0 Å². The average Bonchev–Trinajstić information content (AvgIpc) is 2.99. The summed E-state index contributed by atoms with van der Waals surface area (Å²) in [5, 5.41) is 16.0. The van der Waals surface area contributed by atoms with Crippen LogP contribution in [0.5, 0.6) is 5.75 Å². The maximum atomic E-state index is 12.3. The number of aromatic nitrogens is 1. The van der Waals surface area contributed by atoms with Gasteiger partial charge in [0, 0.05) is 6.04 Å². The van der Waals surface area contributed by atoms with Crippen molar-refractivity contribution in [3.8, 4) is 5.75 Å². The average molecular weight is 386 g/mol. The monoisotopic (exact) mass is 386 g/mol. The fourth-order valence-electron chi connectivity index (χ4n) is 3.52. The smallest absolute Gasteiger partial charge is 0.306 e. The lowest BCUT2D eigenvalue weighted by Gasteiger charge is -2.26. The number of aliphatic carboxylic acids is 1. The van der Waals surface area contributed by atoms with Crippen LogP contribution in [-0.2, 0) is 22.6 Å². The Hall–Kier alpha value is -2.83. The molecule has 7 nitrogen and oxygen atoms in total. The first kappa shape index (κ1) is 19.9. The highest BCUT2D eigenvalue weighted by atomic mass is 16.5. The molecule has 0 aliphatic heterocycles. The Labute approximate surface area is 164 Å². The second kappa shape index (κ2) is 8.91. The number of hydrogen-bond acceptors (Lipinski definition) is 5. The molecule has 1 aromatic heterocycles. The number of ether oxygens (including phenoxy) is 1. The summed E-state index contributed by atoms with van der Waals surface area (Å²) in [6.07, 6.45) is 2.98. The molecule has 0 unspecified atom stereocenters. The van der Waals surface area contributed by atoms with Crippen LogP contribution in [0.25, 0.3) is 0 Å². The molecule has 1 fully saturated rings. The SMILES string of the molecule is Cc1noc(C)c1COc1ccc(CC(=O)NC2CCC(C(=O)O)CC2)cc1. The summed E-state index contributed by atoms with van der Waals surface area (Å²) in [5.74, 6) is 0.426. The lowest BCUT2D eigenvalue weighted by molar-refractivity contribution is -0.142. The number of nitrogens with zero attached hydrogens (tertiary/aromatic N) is 1. The van der Waals surface area contributed by atoms with Crippen LogP contribution >= 0.6 is 0 Å². The topological polar surface area (TPSA) is 102 Å². The zero-order valence-electron chi connectivity index (χ0n) is 16.2. The highest BCUT2D eigenvalue weighted by Crippen LogP contribution is 2.24. The van der Waals surface area contributed by atoms with Crippen LogP contribution in [0.4, 0.5) is 0 Å². The van der Waals surface area contributed by atoms with Crippen molar-refractivity contribution in [3.05, 3.63) is 46.8 Å². The molecule has 0 saturated heterocycles. The molecule has 0 radical (unpaired) electrons. The van der Waals surface area contributed by atoms with Gasteiger partial charge in [-0.3, -0.25) is 9.59 Å². The van der Waals surface area contributed by atoms with Crippen molar-refractivity contribution in [1.82, 2.24) is 10.5 Å². The van der Waals surface area contributed by atoms with E-state index in [1.807, 2.05) is 38.1 Å². The van der Waals surface area contributed by atoms with Gasteiger partial charge in [0.1, 0.15) is 18.1 Å². The number of carboxylic acid groups (broad SMARTS) is 1. The summed E-state index contributed by atoms with van der Waals surface area (Å²) < 4.78 is 10.9. The molecular weight excluding hydrogens is 360 g/mol. The third-order valence-electron chi connectivity index (χ3n) is 5.29. The van der Waals surface area contributed by atoms with Crippen LogP contribution in [0.3, 0.4) is 0 Å². The molecule has 2 aromatic rings. The largest absolute Gasteiger partial charge is 0.489 e. The zero-order valence-corrected chi connectivity index (χ0v) is 16.2. The molecule has 150 valence electrons. The first-order valence-electron chi connectivity index (χ1n) is 9.58. The van der Waals surface area contributed by atoms with Gasteiger partial charge in [-0.2, -0.15) is 0 Å². The third-order valence-corrected chi connectivity index (χ3v) is 5.29. The number of aryl methyl sites for hydroxylation is 2. The van der Waals surface area contributed by atoms with E-state index >= 15 is 0 Å². The molecule has 1 aliphatic rings. The van der Waals surface area contributed by atoms with Gasteiger partial charge in [0.15, 0.2) is 0 Å². The fourth-order valence-corrected chi connectivity index (χ4v) is 3.52. The van der Waals surface area contributed by atoms with Crippen molar-refractivity contribution in [2.75, 3.05) is 0 Å². The first-order valence-corrected chi connectivity index (χ1v) is 9.58. The van der Waals surface area contributed by atoms with Gasteiger partial charge >= 0.3 is 5.97 Å². The molecule has 0 bridgehead atoms. The Morgan fingerprint density at radius 1 is 1.18 bits per heavy atom. The van der Waals surface area contributed by atoms with Crippen molar-refractivity contribution in [2.24, 2.45) is 5.92 Å². The van der Waals surface area contributed by atoms with Crippen molar-refractivity contribution in [2.45, 2.75) is 58.6 Å². The molecule has 1 heterocycles. The predicted octanol–water partition coefficient (Wildman–Crippen LogP) is 3.17.